The fraction of sp³-hybridized carbons (Fsp3) is 0.818. The van der Waals surface area contributed by atoms with E-state index in [1.54, 1.807) is 6.92 Å². The van der Waals surface area contributed by atoms with Crippen LogP contribution in [0.25, 0.3) is 0 Å². The molecular formula is C11H21NO. The van der Waals surface area contributed by atoms with Gasteiger partial charge in [-0.3, -0.25) is 0 Å². The van der Waals surface area contributed by atoms with Crippen molar-refractivity contribution < 1.29 is 5.11 Å². The fourth-order valence-electron chi connectivity index (χ4n) is 0.915. The minimum absolute atomic E-state index is 0.474. The van der Waals surface area contributed by atoms with E-state index in [0.29, 0.717) is 6.42 Å². The fourth-order valence-corrected chi connectivity index (χ4v) is 0.915. The average Bonchev–Trinajstić information content (AvgIpc) is 2.02. The van der Waals surface area contributed by atoms with Crippen LogP contribution in [0.4, 0.5) is 0 Å². The molecule has 0 fully saturated rings. The summed E-state index contributed by atoms with van der Waals surface area (Å²) in [6, 6.07) is 0. The average molecular weight is 183 g/mol. The second kappa shape index (κ2) is 4.64. The van der Waals surface area contributed by atoms with E-state index in [1.807, 2.05) is 20.8 Å². The van der Waals surface area contributed by atoms with Gasteiger partial charge in [0.2, 0.25) is 0 Å². The van der Waals surface area contributed by atoms with Crippen LogP contribution < -0.4 is 5.73 Å². The predicted octanol–water partition coefficient (Wildman–Crippen LogP) is 1.67. The third-order valence-electron chi connectivity index (χ3n) is 2.09. The highest BCUT2D eigenvalue weighted by atomic mass is 16.3. The summed E-state index contributed by atoms with van der Waals surface area (Å²) in [5, 5.41) is 9.74. The van der Waals surface area contributed by atoms with Gasteiger partial charge in [-0.15, -0.1) is 0 Å². The zero-order chi connectivity index (χ0) is 10.5. The van der Waals surface area contributed by atoms with E-state index in [0.717, 1.165) is 12.8 Å². The highest BCUT2D eigenvalue weighted by molar-refractivity contribution is 5.20. The molecule has 2 heteroatoms. The van der Waals surface area contributed by atoms with Crippen molar-refractivity contribution in [2.75, 3.05) is 0 Å². The second-order valence-electron chi connectivity index (χ2n) is 4.04. The lowest BCUT2D eigenvalue weighted by Gasteiger charge is -2.18. The topological polar surface area (TPSA) is 46.2 Å². The molecule has 0 bridgehead atoms. The standard InChI is InChI=1S/C11H21NO/c1-5-7-11(4,13)9-8-10(3,12)6-2/h13H,5-7,12H2,1-4H3. The van der Waals surface area contributed by atoms with Gasteiger partial charge >= 0.3 is 0 Å². The summed E-state index contributed by atoms with van der Waals surface area (Å²) in [4.78, 5) is 0. The molecular weight excluding hydrogens is 162 g/mol. The van der Waals surface area contributed by atoms with Crippen LogP contribution in [0.3, 0.4) is 0 Å². The minimum Gasteiger partial charge on any atom is -0.378 e. The second-order valence-corrected chi connectivity index (χ2v) is 4.04. The molecule has 3 N–H and O–H groups in total. The number of hydrogen-bond acceptors (Lipinski definition) is 2. The van der Waals surface area contributed by atoms with Crippen LogP contribution in [0.2, 0.25) is 0 Å². The van der Waals surface area contributed by atoms with Gasteiger partial charge < -0.3 is 10.8 Å². The molecule has 0 rings (SSSR count). The van der Waals surface area contributed by atoms with Crippen molar-refractivity contribution in [2.45, 2.75) is 58.1 Å². The van der Waals surface area contributed by atoms with E-state index < -0.39 is 11.1 Å². The predicted molar refractivity (Wildman–Crippen MR) is 56.2 cm³/mol. The van der Waals surface area contributed by atoms with E-state index in [-0.39, 0.29) is 0 Å². The molecule has 0 aliphatic rings. The zero-order valence-electron chi connectivity index (χ0n) is 9.15. The van der Waals surface area contributed by atoms with Gasteiger partial charge in [0.25, 0.3) is 0 Å². The first-order valence-corrected chi connectivity index (χ1v) is 4.88. The Morgan fingerprint density at radius 1 is 1.23 bits per heavy atom. The van der Waals surface area contributed by atoms with Crippen molar-refractivity contribution in [3.05, 3.63) is 0 Å². The summed E-state index contributed by atoms with van der Waals surface area (Å²) in [7, 11) is 0. The lowest BCUT2D eigenvalue weighted by Crippen LogP contribution is -2.34. The van der Waals surface area contributed by atoms with Gasteiger partial charge in [-0.25, -0.2) is 0 Å². The molecule has 2 unspecified atom stereocenters. The Kier molecular flexibility index (Phi) is 4.46. The Hall–Kier alpha value is -0.520. The van der Waals surface area contributed by atoms with E-state index >= 15 is 0 Å². The quantitative estimate of drug-likeness (QED) is 0.654. The van der Waals surface area contributed by atoms with Crippen LogP contribution in [0.5, 0.6) is 0 Å². The SMILES string of the molecule is CCCC(C)(O)C#CC(C)(N)CC. The van der Waals surface area contributed by atoms with Gasteiger partial charge in [0.05, 0.1) is 5.54 Å². The first kappa shape index (κ1) is 12.5. The monoisotopic (exact) mass is 183 g/mol. The molecule has 76 valence electrons. The molecule has 0 radical (unpaired) electrons. The highest BCUT2D eigenvalue weighted by Gasteiger charge is 2.17. The molecule has 0 aromatic heterocycles. The van der Waals surface area contributed by atoms with Gasteiger partial charge in [-0.1, -0.05) is 32.1 Å². The summed E-state index contributed by atoms with van der Waals surface area (Å²) in [6.45, 7) is 7.62. The van der Waals surface area contributed by atoms with Crippen LogP contribution in [-0.2, 0) is 0 Å². The van der Waals surface area contributed by atoms with Crippen molar-refractivity contribution in [1.29, 1.82) is 0 Å². The van der Waals surface area contributed by atoms with E-state index in [2.05, 4.69) is 11.8 Å². The molecule has 0 saturated heterocycles. The molecule has 0 aliphatic carbocycles. The van der Waals surface area contributed by atoms with Crippen molar-refractivity contribution in [3.63, 3.8) is 0 Å². The molecule has 2 nitrogen and oxygen atoms in total. The van der Waals surface area contributed by atoms with E-state index in [4.69, 9.17) is 5.73 Å². The van der Waals surface area contributed by atoms with Gasteiger partial charge in [0.15, 0.2) is 0 Å². The molecule has 0 aromatic carbocycles. The van der Waals surface area contributed by atoms with Crippen molar-refractivity contribution >= 4 is 0 Å². The van der Waals surface area contributed by atoms with Gasteiger partial charge in [-0.2, -0.15) is 0 Å². The Labute approximate surface area is 81.5 Å². The van der Waals surface area contributed by atoms with Gasteiger partial charge in [-0.05, 0) is 26.7 Å². The maximum absolute atomic E-state index is 9.74. The maximum Gasteiger partial charge on any atom is 0.122 e. The summed E-state index contributed by atoms with van der Waals surface area (Å²) in [5.74, 6) is 5.74. The van der Waals surface area contributed by atoms with Crippen LogP contribution in [0.1, 0.15) is 47.0 Å². The molecule has 0 saturated carbocycles. The van der Waals surface area contributed by atoms with E-state index in [1.165, 1.54) is 0 Å². The van der Waals surface area contributed by atoms with Crippen LogP contribution in [0, 0.1) is 11.8 Å². The van der Waals surface area contributed by atoms with Crippen LogP contribution >= 0.6 is 0 Å². The van der Waals surface area contributed by atoms with Crippen molar-refractivity contribution in [2.24, 2.45) is 5.73 Å². The first-order chi connectivity index (χ1) is 5.83. The Bertz CT molecular complexity index is 208. The maximum atomic E-state index is 9.74. The summed E-state index contributed by atoms with van der Waals surface area (Å²) < 4.78 is 0. The van der Waals surface area contributed by atoms with Crippen LogP contribution in [-0.4, -0.2) is 16.2 Å². The molecule has 0 heterocycles. The Balaban J connectivity index is 4.38. The van der Waals surface area contributed by atoms with E-state index in [9.17, 15) is 5.11 Å². The summed E-state index contributed by atoms with van der Waals surface area (Å²) >= 11 is 0. The molecule has 0 aliphatic heterocycles. The van der Waals surface area contributed by atoms with Crippen molar-refractivity contribution in [3.8, 4) is 11.8 Å². The highest BCUT2D eigenvalue weighted by Crippen LogP contribution is 2.11. The third kappa shape index (κ3) is 5.68. The largest absolute Gasteiger partial charge is 0.378 e. The van der Waals surface area contributed by atoms with Gasteiger partial charge in [0.1, 0.15) is 5.60 Å². The lowest BCUT2D eigenvalue weighted by molar-refractivity contribution is 0.111. The number of aliphatic hydroxyl groups is 1. The molecule has 0 amide bonds. The Morgan fingerprint density at radius 3 is 2.15 bits per heavy atom. The molecule has 2 atom stereocenters. The molecule has 13 heavy (non-hydrogen) atoms. The molecule has 0 aromatic rings. The molecule has 0 spiro atoms. The van der Waals surface area contributed by atoms with Crippen LogP contribution in [0.15, 0.2) is 0 Å². The lowest BCUT2D eigenvalue weighted by atomic mass is 9.96. The first-order valence-electron chi connectivity index (χ1n) is 4.88. The Morgan fingerprint density at radius 2 is 1.77 bits per heavy atom. The minimum atomic E-state index is -0.884. The van der Waals surface area contributed by atoms with Gasteiger partial charge in [0, 0.05) is 0 Å². The third-order valence-corrected chi connectivity index (χ3v) is 2.09. The number of nitrogens with two attached hydrogens (primary N) is 1. The summed E-state index contributed by atoms with van der Waals surface area (Å²) in [6.07, 6.45) is 2.41. The zero-order valence-corrected chi connectivity index (χ0v) is 9.15. The smallest absolute Gasteiger partial charge is 0.122 e. The number of hydrogen-bond donors (Lipinski definition) is 2. The van der Waals surface area contributed by atoms with Crippen molar-refractivity contribution in [1.82, 2.24) is 0 Å². The normalized spacial score (nSPS) is 19.5. The number of rotatable bonds is 3. The summed E-state index contributed by atoms with van der Waals surface area (Å²) in [5.41, 5.74) is 4.48.